The number of anilines is 1. The van der Waals surface area contributed by atoms with Crippen LogP contribution in [0.15, 0.2) is 30.3 Å². The first-order valence-corrected chi connectivity index (χ1v) is 6.33. The Balaban J connectivity index is 2.30. The highest BCUT2D eigenvalue weighted by Crippen LogP contribution is 2.33. The molecule has 2 N–H and O–H groups in total. The summed E-state index contributed by atoms with van der Waals surface area (Å²) < 4.78 is 16.2. The maximum atomic E-state index is 8.88. The molecule has 1 aromatic carbocycles. The van der Waals surface area contributed by atoms with Gasteiger partial charge in [0.25, 0.3) is 0 Å². The molecule has 0 aliphatic carbocycles. The van der Waals surface area contributed by atoms with Gasteiger partial charge in [0.1, 0.15) is 0 Å². The quantitative estimate of drug-likeness (QED) is 0.908. The highest BCUT2D eigenvalue weighted by molar-refractivity contribution is 5.51. The molecule has 2 rings (SSSR count). The Kier molecular flexibility index (Phi) is 4.46. The Hall–Kier alpha value is -2.94. The van der Waals surface area contributed by atoms with Crippen LogP contribution in [0.4, 0.5) is 5.69 Å². The predicted octanol–water partition coefficient (Wildman–Crippen LogP) is 2.74. The lowest BCUT2D eigenvalue weighted by atomic mass is 10.2. The number of benzene rings is 1. The summed E-state index contributed by atoms with van der Waals surface area (Å²) in [5.41, 5.74) is 6.69. The van der Waals surface area contributed by atoms with Gasteiger partial charge in [-0.2, -0.15) is 10.2 Å². The van der Waals surface area contributed by atoms with Crippen molar-refractivity contribution in [1.82, 2.24) is 4.98 Å². The van der Waals surface area contributed by atoms with Crippen molar-refractivity contribution in [2.24, 2.45) is 0 Å². The van der Waals surface area contributed by atoms with E-state index >= 15 is 0 Å². The minimum atomic E-state index is 0.322. The van der Waals surface area contributed by atoms with E-state index < -0.39 is 0 Å². The maximum absolute atomic E-state index is 8.88. The van der Waals surface area contributed by atoms with Crippen LogP contribution in [0.1, 0.15) is 12.5 Å². The van der Waals surface area contributed by atoms with Crippen LogP contribution < -0.4 is 19.9 Å². The van der Waals surface area contributed by atoms with Gasteiger partial charge in [-0.05, 0) is 25.1 Å². The molecule has 0 aliphatic heterocycles. The van der Waals surface area contributed by atoms with Gasteiger partial charge in [-0.25, -0.2) is 0 Å². The normalized spacial score (nSPS) is 9.76. The fraction of sp³-hybridized carbons (Fsp3) is 0.200. The highest BCUT2D eigenvalue weighted by Gasteiger charge is 2.10. The number of ether oxygens (including phenoxy) is 3. The minimum Gasteiger partial charge on any atom is -0.493 e. The second-order valence-corrected chi connectivity index (χ2v) is 4.06. The molecule has 21 heavy (non-hydrogen) atoms. The lowest BCUT2D eigenvalue weighted by molar-refractivity contribution is 0.321. The average Bonchev–Trinajstić information content (AvgIpc) is 2.51. The number of hydrogen-bond acceptors (Lipinski definition) is 6. The lowest BCUT2D eigenvalue weighted by Crippen LogP contribution is -2.01. The highest BCUT2D eigenvalue weighted by atomic mass is 16.5. The second kappa shape index (κ2) is 6.48. The molecule has 108 valence electrons. The van der Waals surface area contributed by atoms with Crippen LogP contribution in [-0.4, -0.2) is 18.7 Å². The van der Waals surface area contributed by atoms with Crippen LogP contribution in [0.3, 0.4) is 0 Å². The fourth-order valence-electron chi connectivity index (χ4n) is 1.68. The molecule has 0 atom stereocenters. The van der Waals surface area contributed by atoms with Crippen LogP contribution >= 0.6 is 0 Å². The topological polar surface area (TPSA) is 90.4 Å². The summed E-state index contributed by atoms with van der Waals surface area (Å²) in [4.78, 5) is 4.19. The molecule has 0 radical (unpaired) electrons. The summed E-state index contributed by atoms with van der Waals surface area (Å²) in [6.07, 6.45) is 0. The number of hydrogen-bond donors (Lipinski definition) is 1. The van der Waals surface area contributed by atoms with Gasteiger partial charge >= 0.3 is 0 Å². The molecule has 2 aromatic rings. The van der Waals surface area contributed by atoms with Crippen molar-refractivity contribution in [2.45, 2.75) is 6.92 Å². The monoisotopic (exact) mass is 285 g/mol. The summed E-state index contributed by atoms with van der Waals surface area (Å²) in [5, 5.41) is 8.88. The van der Waals surface area contributed by atoms with Gasteiger partial charge in [0.05, 0.1) is 31.0 Å². The first-order valence-electron chi connectivity index (χ1n) is 6.33. The van der Waals surface area contributed by atoms with Gasteiger partial charge in [0, 0.05) is 12.1 Å². The van der Waals surface area contributed by atoms with Crippen molar-refractivity contribution >= 4 is 5.69 Å². The summed E-state index contributed by atoms with van der Waals surface area (Å²) >= 11 is 0. The predicted molar refractivity (Wildman–Crippen MR) is 77.6 cm³/mol. The molecule has 0 saturated carbocycles. The first kappa shape index (κ1) is 14.5. The van der Waals surface area contributed by atoms with Crippen LogP contribution in [0.2, 0.25) is 0 Å². The molecule has 1 aromatic heterocycles. The van der Waals surface area contributed by atoms with Crippen molar-refractivity contribution in [3.8, 4) is 29.3 Å². The molecule has 0 saturated heterocycles. The van der Waals surface area contributed by atoms with Crippen LogP contribution in [-0.2, 0) is 0 Å². The van der Waals surface area contributed by atoms with Crippen molar-refractivity contribution < 1.29 is 14.2 Å². The zero-order valence-electron chi connectivity index (χ0n) is 11.8. The van der Waals surface area contributed by atoms with Gasteiger partial charge in [0.15, 0.2) is 11.5 Å². The molecule has 1 heterocycles. The van der Waals surface area contributed by atoms with E-state index in [4.69, 9.17) is 25.2 Å². The summed E-state index contributed by atoms with van der Waals surface area (Å²) in [6.45, 7) is 2.30. The second-order valence-electron chi connectivity index (χ2n) is 4.06. The standard InChI is InChI=1S/C15H15N3O3/c1-3-20-15-11(17)5-7-14(18-15)21-12-6-4-10(9-16)8-13(12)19-2/h4-8H,3,17H2,1-2H3. The molecule has 0 amide bonds. The van der Waals surface area contributed by atoms with E-state index in [0.717, 1.165) is 0 Å². The number of nitrogen functional groups attached to an aromatic ring is 1. The third kappa shape index (κ3) is 3.34. The number of nitrogens with two attached hydrogens (primary N) is 1. The largest absolute Gasteiger partial charge is 0.493 e. The van der Waals surface area contributed by atoms with E-state index in [1.165, 1.54) is 7.11 Å². The molecule has 0 aliphatic rings. The first-order chi connectivity index (χ1) is 10.2. The van der Waals surface area contributed by atoms with Gasteiger partial charge in [-0.15, -0.1) is 0 Å². The van der Waals surface area contributed by atoms with E-state index in [9.17, 15) is 0 Å². The van der Waals surface area contributed by atoms with E-state index in [-0.39, 0.29) is 0 Å². The van der Waals surface area contributed by atoms with Crippen LogP contribution in [0, 0.1) is 11.3 Å². The van der Waals surface area contributed by atoms with Crippen LogP contribution in [0.25, 0.3) is 0 Å². The molecule has 6 nitrogen and oxygen atoms in total. The van der Waals surface area contributed by atoms with E-state index in [1.807, 2.05) is 13.0 Å². The molecule has 6 heteroatoms. The molecule has 0 fully saturated rings. The molecule has 0 spiro atoms. The summed E-state index contributed by atoms with van der Waals surface area (Å²) in [5.74, 6) is 1.56. The Labute approximate surface area is 122 Å². The number of nitrogens with zero attached hydrogens (tertiary/aromatic N) is 2. The smallest absolute Gasteiger partial charge is 0.240 e. The Morgan fingerprint density at radius 3 is 2.71 bits per heavy atom. The van der Waals surface area contributed by atoms with Crippen molar-refractivity contribution in [3.63, 3.8) is 0 Å². The number of aromatic nitrogens is 1. The van der Waals surface area contributed by atoms with Gasteiger partial charge < -0.3 is 19.9 Å². The van der Waals surface area contributed by atoms with Crippen molar-refractivity contribution in [3.05, 3.63) is 35.9 Å². The third-order valence-electron chi connectivity index (χ3n) is 2.65. The van der Waals surface area contributed by atoms with Gasteiger partial charge in [-0.1, -0.05) is 0 Å². The third-order valence-corrected chi connectivity index (χ3v) is 2.65. The molecular formula is C15H15N3O3. The average molecular weight is 285 g/mol. The lowest BCUT2D eigenvalue weighted by Gasteiger charge is -2.11. The van der Waals surface area contributed by atoms with E-state index in [1.54, 1.807) is 30.3 Å². The Morgan fingerprint density at radius 2 is 2.05 bits per heavy atom. The minimum absolute atomic E-state index is 0.322. The van der Waals surface area contributed by atoms with Crippen LogP contribution in [0.5, 0.6) is 23.3 Å². The van der Waals surface area contributed by atoms with Crippen molar-refractivity contribution in [1.29, 1.82) is 5.26 Å². The van der Waals surface area contributed by atoms with Gasteiger partial charge in [0.2, 0.25) is 11.8 Å². The summed E-state index contributed by atoms with van der Waals surface area (Å²) in [7, 11) is 1.51. The van der Waals surface area contributed by atoms with Crippen molar-refractivity contribution in [2.75, 3.05) is 19.5 Å². The van der Waals surface area contributed by atoms with Gasteiger partial charge in [-0.3, -0.25) is 0 Å². The Bertz CT molecular complexity index is 680. The van der Waals surface area contributed by atoms with E-state index in [0.29, 0.717) is 41.1 Å². The molecule has 0 unspecified atom stereocenters. The maximum Gasteiger partial charge on any atom is 0.240 e. The van der Waals surface area contributed by atoms with E-state index in [2.05, 4.69) is 4.98 Å². The Morgan fingerprint density at radius 1 is 1.24 bits per heavy atom. The number of rotatable bonds is 5. The zero-order chi connectivity index (χ0) is 15.2. The number of methoxy groups -OCH3 is 1. The number of pyridine rings is 1. The zero-order valence-corrected chi connectivity index (χ0v) is 11.8. The molecule has 0 bridgehead atoms. The SMILES string of the molecule is CCOc1nc(Oc2ccc(C#N)cc2OC)ccc1N. The summed E-state index contributed by atoms with van der Waals surface area (Å²) in [6, 6.07) is 10.2. The fourth-order valence-corrected chi connectivity index (χ4v) is 1.68. The number of nitriles is 1. The molecular weight excluding hydrogens is 270 g/mol.